The van der Waals surface area contributed by atoms with Gasteiger partial charge in [-0.25, -0.2) is 4.79 Å². The van der Waals surface area contributed by atoms with Gasteiger partial charge in [-0.3, -0.25) is 5.10 Å². The molecule has 0 radical (unpaired) electrons. The van der Waals surface area contributed by atoms with Crippen molar-refractivity contribution in [3.8, 4) is 0 Å². The molecule has 2 heterocycles. The van der Waals surface area contributed by atoms with Gasteiger partial charge in [0, 0.05) is 29.4 Å². The van der Waals surface area contributed by atoms with Crippen LogP contribution in [0.4, 0.5) is 16.4 Å². The van der Waals surface area contributed by atoms with Gasteiger partial charge in [-0.1, -0.05) is 0 Å². The Kier molecular flexibility index (Phi) is 4.03. The van der Waals surface area contributed by atoms with Crippen molar-refractivity contribution in [2.75, 3.05) is 5.32 Å². The summed E-state index contributed by atoms with van der Waals surface area (Å²) in [6.45, 7) is 2.04. The summed E-state index contributed by atoms with van der Waals surface area (Å²) >= 11 is 0. The monoisotopic (exact) mass is 342 g/mol. The Balaban J connectivity index is 1.30. The van der Waals surface area contributed by atoms with Crippen molar-refractivity contribution in [3.05, 3.63) is 30.1 Å². The van der Waals surface area contributed by atoms with Crippen molar-refractivity contribution in [2.45, 2.75) is 56.6 Å². The van der Waals surface area contributed by atoms with Gasteiger partial charge in [-0.2, -0.15) is 10.2 Å². The van der Waals surface area contributed by atoms with E-state index in [9.17, 15) is 4.79 Å². The summed E-state index contributed by atoms with van der Waals surface area (Å²) in [4.78, 5) is 11.9. The molecule has 8 nitrogen and oxygen atoms in total. The summed E-state index contributed by atoms with van der Waals surface area (Å²) in [5.74, 6) is 1.68. The highest BCUT2D eigenvalue weighted by Crippen LogP contribution is 2.37. The first kappa shape index (κ1) is 15.9. The first-order chi connectivity index (χ1) is 12.1. The molecule has 2 aliphatic carbocycles. The van der Waals surface area contributed by atoms with Crippen LogP contribution in [0.25, 0.3) is 0 Å². The van der Waals surface area contributed by atoms with Crippen molar-refractivity contribution in [3.63, 3.8) is 0 Å². The predicted molar refractivity (Wildman–Crippen MR) is 91.5 cm³/mol. The van der Waals surface area contributed by atoms with Crippen LogP contribution in [-0.4, -0.2) is 38.1 Å². The van der Waals surface area contributed by atoms with Crippen molar-refractivity contribution in [1.29, 1.82) is 0 Å². The van der Waals surface area contributed by atoms with Gasteiger partial charge >= 0.3 is 6.09 Å². The third kappa shape index (κ3) is 3.89. The fraction of sp³-hybridized carbons (Fsp3) is 0.529. The summed E-state index contributed by atoms with van der Waals surface area (Å²) in [6, 6.07) is 5.63. The minimum Gasteiger partial charge on any atom is -0.446 e. The number of anilines is 2. The Morgan fingerprint density at radius 2 is 2.24 bits per heavy atom. The van der Waals surface area contributed by atoms with E-state index in [0.717, 1.165) is 37.8 Å². The van der Waals surface area contributed by atoms with Crippen molar-refractivity contribution < 1.29 is 9.53 Å². The molecule has 1 amide bonds. The second-order valence-corrected chi connectivity index (χ2v) is 7.17. The fourth-order valence-corrected chi connectivity index (χ4v) is 3.18. The van der Waals surface area contributed by atoms with Crippen LogP contribution in [0.5, 0.6) is 0 Å². The normalized spacial score (nSPS) is 23.9. The maximum Gasteiger partial charge on any atom is 0.407 e. The van der Waals surface area contributed by atoms with E-state index in [-0.39, 0.29) is 17.7 Å². The lowest BCUT2D eigenvalue weighted by Crippen LogP contribution is -2.36. The number of hydrogen-bond acceptors (Lipinski definition) is 6. The zero-order valence-corrected chi connectivity index (χ0v) is 14.2. The molecule has 2 fully saturated rings. The molecule has 25 heavy (non-hydrogen) atoms. The van der Waals surface area contributed by atoms with Crippen LogP contribution in [-0.2, 0) is 4.74 Å². The molecule has 2 aromatic rings. The Bertz CT molecular complexity index is 743. The van der Waals surface area contributed by atoms with Gasteiger partial charge in [0.25, 0.3) is 0 Å². The molecule has 0 unspecified atom stereocenters. The minimum atomic E-state index is -0.291. The van der Waals surface area contributed by atoms with Crippen molar-refractivity contribution in [1.82, 2.24) is 25.7 Å². The number of amides is 1. The molecule has 0 saturated heterocycles. The number of rotatable bonds is 5. The number of carbonyl (C=O) groups excluding carboxylic acids is 1. The molecule has 2 aromatic heterocycles. The van der Waals surface area contributed by atoms with Gasteiger partial charge in [0.05, 0.1) is 0 Å². The fourth-order valence-electron chi connectivity index (χ4n) is 3.18. The number of ether oxygens (including phenoxy) is 1. The highest BCUT2D eigenvalue weighted by Gasteiger charge is 2.40. The number of carbonyl (C=O) groups is 1. The zero-order valence-electron chi connectivity index (χ0n) is 14.2. The topological polar surface area (TPSA) is 105 Å². The molecular weight excluding hydrogens is 320 g/mol. The number of alkyl carbamates (subject to hydrolysis) is 1. The minimum absolute atomic E-state index is 0.0351. The van der Waals surface area contributed by atoms with E-state index in [1.807, 2.05) is 25.1 Å². The van der Waals surface area contributed by atoms with Crippen LogP contribution in [0.1, 0.15) is 50.6 Å². The molecule has 4 rings (SSSR count). The van der Waals surface area contributed by atoms with Gasteiger partial charge in [0.2, 0.25) is 0 Å². The van der Waals surface area contributed by atoms with Crippen LogP contribution in [0.2, 0.25) is 0 Å². The molecule has 0 aromatic carbocycles. The SMILES string of the molecule is CC1(NC(=O)O[C@@H]2CC[C@H](c3cc(Nc4cccnn4)n[nH]3)C2)CC1. The Labute approximate surface area is 145 Å². The van der Waals surface area contributed by atoms with E-state index < -0.39 is 0 Å². The smallest absolute Gasteiger partial charge is 0.407 e. The van der Waals surface area contributed by atoms with E-state index in [1.54, 1.807) is 6.20 Å². The second-order valence-electron chi connectivity index (χ2n) is 7.17. The third-order valence-electron chi connectivity index (χ3n) is 4.93. The second kappa shape index (κ2) is 6.34. The molecule has 0 spiro atoms. The van der Waals surface area contributed by atoms with Gasteiger partial charge in [-0.15, -0.1) is 5.10 Å². The summed E-state index contributed by atoms with van der Waals surface area (Å²) < 4.78 is 5.56. The van der Waals surface area contributed by atoms with Crippen LogP contribution in [0, 0.1) is 0 Å². The Morgan fingerprint density at radius 1 is 1.36 bits per heavy atom. The first-order valence-electron chi connectivity index (χ1n) is 8.68. The number of nitrogens with one attached hydrogen (secondary N) is 3. The molecule has 2 aliphatic rings. The average molecular weight is 342 g/mol. The largest absolute Gasteiger partial charge is 0.446 e. The molecule has 132 valence electrons. The Morgan fingerprint density at radius 3 is 3.00 bits per heavy atom. The maximum absolute atomic E-state index is 11.9. The van der Waals surface area contributed by atoms with Crippen molar-refractivity contribution >= 4 is 17.7 Å². The van der Waals surface area contributed by atoms with E-state index in [0.29, 0.717) is 17.6 Å². The molecule has 8 heteroatoms. The number of aromatic nitrogens is 4. The van der Waals surface area contributed by atoms with Gasteiger partial charge < -0.3 is 15.4 Å². The van der Waals surface area contributed by atoms with E-state index in [1.165, 1.54) is 0 Å². The molecule has 0 bridgehead atoms. The van der Waals surface area contributed by atoms with Crippen LogP contribution >= 0.6 is 0 Å². The standard InChI is InChI=1S/C17H22N6O2/c1-17(6-7-17)20-16(24)25-12-5-4-11(9-12)13-10-15(23-21-13)19-14-3-2-8-18-22-14/h2-3,8,10-12H,4-7,9H2,1H3,(H,20,24)(H2,19,21,22,23)/t11-,12+/m0/s1. The van der Waals surface area contributed by atoms with Crippen LogP contribution in [0.3, 0.4) is 0 Å². The molecule has 2 atom stereocenters. The van der Waals surface area contributed by atoms with Crippen molar-refractivity contribution in [2.24, 2.45) is 0 Å². The number of nitrogens with zero attached hydrogens (tertiary/aromatic N) is 3. The summed E-state index contributed by atoms with van der Waals surface area (Å²) in [5.41, 5.74) is 1.01. The number of hydrogen-bond donors (Lipinski definition) is 3. The van der Waals surface area contributed by atoms with Gasteiger partial charge in [0.15, 0.2) is 11.6 Å². The number of aromatic amines is 1. The predicted octanol–water partition coefficient (Wildman–Crippen LogP) is 2.86. The third-order valence-corrected chi connectivity index (χ3v) is 4.93. The zero-order chi connectivity index (χ0) is 17.3. The van der Waals surface area contributed by atoms with E-state index >= 15 is 0 Å². The molecule has 0 aliphatic heterocycles. The van der Waals surface area contributed by atoms with Gasteiger partial charge in [0.1, 0.15) is 6.10 Å². The van der Waals surface area contributed by atoms with Crippen LogP contribution < -0.4 is 10.6 Å². The highest BCUT2D eigenvalue weighted by atomic mass is 16.6. The lowest BCUT2D eigenvalue weighted by molar-refractivity contribution is 0.0967. The van der Waals surface area contributed by atoms with E-state index in [2.05, 4.69) is 31.0 Å². The lowest BCUT2D eigenvalue weighted by atomic mass is 10.0. The molecule has 2 saturated carbocycles. The first-order valence-corrected chi connectivity index (χ1v) is 8.68. The summed E-state index contributed by atoms with van der Waals surface area (Å²) in [6.07, 6.45) is 6.03. The van der Waals surface area contributed by atoms with Crippen LogP contribution in [0.15, 0.2) is 24.4 Å². The molecule has 3 N–H and O–H groups in total. The Hall–Kier alpha value is -2.64. The number of H-pyrrole nitrogens is 1. The lowest BCUT2D eigenvalue weighted by Gasteiger charge is -2.16. The highest BCUT2D eigenvalue weighted by molar-refractivity contribution is 5.69. The van der Waals surface area contributed by atoms with Gasteiger partial charge in [-0.05, 0) is 51.2 Å². The summed E-state index contributed by atoms with van der Waals surface area (Å²) in [7, 11) is 0. The average Bonchev–Trinajstić information content (AvgIpc) is 3.00. The molecular formula is C17H22N6O2. The summed E-state index contributed by atoms with van der Waals surface area (Å²) in [5, 5.41) is 21.2. The quantitative estimate of drug-likeness (QED) is 0.772. The maximum atomic E-state index is 11.9. The van der Waals surface area contributed by atoms with E-state index in [4.69, 9.17) is 4.74 Å².